The third-order valence-electron chi connectivity index (χ3n) is 1.61. The molecule has 0 fully saturated rings. The van der Waals surface area contributed by atoms with Gasteiger partial charge in [0.1, 0.15) is 5.70 Å². The SMILES string of the molecule is CC1=CC(I)NC(C(=O)N=S(C)(C)=O)=C1. The number of amides is 1. The number of alkyl halides is 1. The second-order valence-corrected chi connectivity index (χ2v) is 7.48. The van der Waals surface area contributed by atoms with Gasteiger partial charge in [0.2, 0.25) is 0 Å². The maximum atomic E-state index is 11.6. The van der Waals surface area contributed by atoms with Crippen molar-refractivity contribution in [3.63, 3.8) is 0 Å². The average molecular weight is 340 g/mol. The number of halogens is 1. The number of nitrogens with zero attached hydrogens (tertiary/aromatic N) is 1. The lowest BCUT2D eigenvalue weighted by Gasteiger charge is -2.16. The van der Waals surface area contributed by atoms with E-state index in [2.05, 4.69) is 32.3 Å². The second-order valence-electron chi connectivity index (χ2n) is 3.59. The van der Waals surface area contributed by atoms with Gasteiger partial charge in [-0.3, -0.25) is 4.79 Å². The first-order valence-electron chi connectivity index (χ1n) is 4.30. The predicted molar refractivity (Wildman–Crippen MR) is 70.2 cm³/mol. The summed E-state index contributed by atoms with van der Waals surface area (Å²) < 4.78 is 15.0. The van der Waals surface area contributed by atoms with Gasteiger partial charge in [-0.25, -0.2) is 4.21 Å². The van der Waals surface area contributed by atoms with Crippen molar-refractivity contribution >= 4 is 38.2 Å². The molecule has 1 aliphatic rings. The molecular formula is C9H13IN2O2S. The molecule has 0 aromatic heterocycles. The number of hydrogen-bond acceptors (Lipinski definition) is 3. The number of nitrogens with one attached hydrogen (secondary N) is 1. The van der Waals surface area contributed by atoms with Crippen LogP contribution in [0.5, 0.6) is 0 Å². The molecule has 0 aliphatic carbocycles. The van der Waals surface area contributed by atoms with Crippen LogP contribution >= 0.6 is 22.6 Å². The summed E-state index contributed by atoms with van der Waals surface area (Å²) in [4.78, 5) is 11.6. The van der Waals surface area contributed by atoms with Gasteiger partial charge < -0.3 is 5.32 Å². The molecule has 1 unspecified atom stereocenters. The van der Waals surface area contributed by atoms with Crippen molar-refractivity contribution in [2.75, 3.05) is 12.5 Å². The normalized spacial score (nSPS) is 21.2. The predicted octanol–water partition coefficient (Wildman–Crippen LogP) is 1.44. The van der Waals surface area contributed by atoms with Crippen molar-refractivity contribution in [3.05, 3.63) is 23.4 Å². The minimum Gasteiger partial charge on any atom is -0.366 e. The van der Waals surface area contributed by atoms with Crippen LogP contribution in [0, 0.1) is 0 Å². The standard InChI is InChI=1S/C9H13IN2O2S/c1-6-4-7(11-8(10)5-6)9(13)12-15(2,3)14/h4-5,8,11H,1-3H3. The van der Waals surface area contributed by atoms with Crippen molar-refractivity contribution in [1.29, 1.82) is 0 Å². The minimum absolute atomic E-state index is 0.0755. The van der Waals surface area contributed by atoms with E-state index in [1.807, 2.05) is 13.0 Å². The van der Waals surface area contributed by atoms with Crippen molar-refractivity contribution in [2.24, 2.45) is 4.36 Å². The fourth-order valence-electron chi connectivity index (χ4n) is 1.11. The first-order valence-corrected chi connectivity index (χ1v) is 7.88. The zero-order valence-corrected chi connectivity index (χ0v) is 11.8. The second kappa shape index (κ2) is 4.65. The fourth-order valence-corrected chi connectivity index (χ4v) is 2.51. The Kier molecular flexibility index (Phi) is 3.93. The molecule has 0 saturated heterocycles. The number of dihydropyridines is 1. The van der Waals surface area contributed by atoms with Crippen LogP contribution in [-0.4, -0.2) is 26.7 Å². The summed E-state index contributed by atoms with van der Waals surface area (Å²) in [6.45, 7) is 1.91. The molecule has 0 spiro atoms. The molecule has 4 nitrogen and oxygen atoms in total. The van der Waals surface area contributed by atoms with Crippen molar-refractivity contribution in [3.8, 4) is 0 Å². The molecule has 84 valence electrons. The van der Waals surface area contributed by atoms with E-state index in [-0.39, 0.29) is 4.05 Å². The molecule has 6 heteroatoms. The largest absolute Gasteiger partial charge is 0.366 e. The van der Waals surface area contributed by atoms with Gasteiger partial charge in [-0.15, -0.1) is 0 Å². The Hall–Kier alpha value is -0.370. The Morgan fingerprint density at radius 1 is 1.60 bits per heavy atom. The molecule has 1 heterocycles. The molecule has 0 aromatic carbocycles. The van der Waals surface area contributed by atoms with Crippen molar-refractivity contribution < 1.29 is 9.00 Å². The van der Waals surface area contributed by atoms with Crippen LogP contribution in [0.1, 0.15) is 6.92 Å². The molecule has 0 aromatic rings. The van der Waals surface area contributed by atoms with Gasteiger partial charge in [-0.1, -0.05) is 28.2 Å². The highest BCUT2D eigenvalue weighted by Gasteiger charge is 2.16. The van der Waals surface area contributed by atoms with E-state index in [4.69, 9.17) is 0 Å². The van der Waals surface area contributed by atoms with E-state index in [1.54, 1.807) is 6.08 Å². The number of allylic oxidation sites excluding steroid dienone is 2. The van der Waals surface area contributed by atoms with Crippen LogP contribution < -0.4 is 5.32 Å². The number of carbonyl (C=O) groups is 1. The molecule has 0 radical (unpaired) electrons. The Labute approximate surface area is 104 Å². The summed E-state index contributed by atoms with van der Waals surface area (Å²) in [6.07, 6.45) is 6.59. The highest BCUT2D eigenvalue weighted by Crippen LogP contribution is 2.14. The van der Waals surface area contributed by atoms with Crippen molar-refractivity contribution in [2.45, 2.75) is 11.0 Å². The number of hydrogen-bond donors (Lipinski definition) is 1. The Bertz CT molecular complexity index is 451. The summed E-state index contributed by atoms with van der Waals surface area (Å²) in [5.41, 5.74) is 1.41. The van der Waals surface area contributed by atoms with E-state index in [1.165, 1.54) is 12.5 Å². The molecule has 1 rings (SSSR count). The first-order chi connectivity index (χ1) is 6.78. The monoisotopic (exact) mass is 340 g/mol. The lowest BCUT2D eigenvalue weighted by Crippen LogP contribution is -2.28. The third kappa shape index (κ3) is 4.33. The summed E-state index contributed by atoms with van der Waals surface area (Å²) in [5, 5.41) is 2.97. The highest BCUT2D eigenvalue weighted by atomic mass is 127. The molecule has 0 saturated carbocycles. The lowest BCUT2D eigenvalue weighted by molar-refractivity contribution is -0.114. The Balaban J connectivity index is 2.97. The van der Waals surface area contributed by atoms with Gasteiger partial charge in [0.15, 0.2) is 0 Å². The van der Waals surface area contributed by atoms with Crippen LogP contribution in [0.4, 0.5) is 0 Å². The van der Waals surface area contributed by atoms with Crippen LogP contribution in [-0.2, 0) is 14.5 Å². The maximum absolute atomic E-state index is 11.6. The molecule has 1 N–H and O–H groups in total. The molecule has 1 aliphatic heterocycles. The summed E-state index contributed by atoms with van der Waals surface area (Å²) in [5.74, 6) is -0.445. The van der Waals surface area contributed by atoms with E-state index < -0.39 is 15.6 Å². The Morgan fingerprint density at radius 2 is 2.20 bits per heavy atom. The van der Waals surface area contributed by atoms with Gasteiger partial charge in [0.05, 0.1) is 4.05 Å². The molecule has 15 heavy (non-hydrogen) atoms. The van der Waals surface area contributed by atoms with Gasteiger partial charge in [-0.05, 0) is 19.1 Å². The molecule has 1 amide bonds. The minimum atomic E-state index is -2.38. The lowest BCUT2D eigenvalue weighted by atomic mass is 10.2. The summed E-state index contributed by atoms with van der Waals surface area (Å²) in [7, 11) is -2.38. The third-order valence-corrected chi connectivity index (χ3v) is 2.88. The van der Waals surface area contributed by atoms with E-state index in [9.17, 15) is 9.00 Å². The number of carbonyl (C=O) groups excluding carboxylic acids is 1. The van der Waals surface area contributed by atoms with Crippen LogP contribution in [0.25, 0.3) is 0 Å². The molecule has 0 bridgehead atoms. The van der Waals surface area contributed by atoms with Gasteiger partial charge in [0.25, 0.3) is 0 Å². The maximum Gasteiger partial charge on any atom is 0.301 e. The Morgan fingerprint density at radius 3 is 2.67 bits per heavy atom. The fraction of sp³-hybridized carbons (Fsp3) is 0.444. The zero-order chi connectivity index (χ0) is 11.6. The first kappa shape index (κ1) is 12.7. The quantitative estimate of drug-likeness (QED) is 0.446. The van der Waals surface area contributed by atoms with Crippen LogP contribution in [0.3, 0.4) is 0 Å². The van der Waals surface area contributed by atoms with Gasteiger partial charge >= 0.3 is 5.91 Å². The van der Waals surface area contributed by atoms with E-state index >= 15 is 0 Å². The zero-order valence-electron chi connectivity index (χ0n) is 8.78. The smallest absolute Gasteiger partial charge is 0.301 e. The van der Waals surface area contributed by atoms with E-state index in [0.29, 0.717) is 5.70 Å². The van der Waals surface area contributed by atoms with Crippen LogP contribution in [0.2, 0.25) is 0 Å². The summed E-state index contributed by atoms with van der Waals surface area (Å²) in [6, 6.07) is 0. The van der Waals surface area contributed by atoms with Gasteiger partial charge in [0, 0.05) is 22.2 Å². The average Bonchev–Trinajstić information content (AvgIpc) is 1.98. The highest BCUT2D eigenvalue weighted by molar-refractivity contribution is 14.1. The van der Waals surface area contributed by atoms with Crippen molar-refractivity contribution in [1.82, 2.24) is 5.32 Å². The van der Waals surface area contributed by atoms with E-state index in [0.717, 1.165) is 5.57 Å². The molecular weight excluding hydrogens is 327 g/mol. The number of rotatable bonds is 1. The van der Waals surface area contributed by atoms with Gasteiger partial charge in [-0.2, -0.15) is 4.36 Å². The molecule has 1 atom stereocenters. The summed E-state index contributed by atoms with van der Waals surface area (Å²) >= 11 is 2.16. The van der Waals surface area contributed by atoms with Crippen LogP contribution in [0.15, 0.2) is 27.8 Å². The topological polar surface area (TPSA) is 58.5 Å².